The number of nitrogens with two attached hydrogens (primary N) is 1. The number of nitrogens with one attached hydrogen (secondary N) is 4. The average molecular weight is 343 g/mol. The summed E-state index contributed by atoms with van der Waals surface area (Å²) in [6, 6.07) is 1.79. The van der Waals surface area contributed by atoms with Crippen molar-refractivity contribution in [3.05, 3.63) is 18.5 Å². The summed E-state index contributed by atoms with van der Waals surface area (Å²) in [6.07, 6.45) is 6.86. The molecule has 0 unspecified atom stereocenters. The smallest absolute Gasteiger partial charge is 0.227 e. The predicted molar refractivity (Wildman–Crippen MR) is 97.1 cm³/mol. The third-order valence-electron chi connectivity index (χ3n) is 5.19. The van der Waals surface area contributed by atoms with Crippen LogP contribution in [0.4, 0.5) is 5.69 Å². The Labute approximate surface area is 146 Å². The fourth-order valence-corrected chi connectivity index (χ4v) is 3.72. The van der Waals surface area contributed by atoms with Crippen molar-refractivity contribution in [2.45, 2.75) is 45.1 Å². The van der Waals surface area contributed by atoms with Crippen molar-refractivity contribution >= 4 is 28.6 Å². The van der Waals surface area contributed by atoms with E-state index in [0.717, 1.165) is 36.8 Å². The van der Waals surface area contributed by atoms with Gasteiger partial charge in [-0.3, -0.25) is 15.3 Å². The zero-order valence-corrected chi connectivity index (χ0v) is 14.6. The first-order valence-electron chi connectivity index (χ1n) is 8.58. The van der Waals surface area contributed by atoms with Crippen LogP contribution in [0.1, 0.15) is 39.5 Å². The molecule has 0 bridgehead atoms. The number of amides is 1. The minimum Gasteiger partial charge on any atom is -0.370 e. The normalized spacial score (nSPS) is 21.0. The zero-order chi connectivity index (χ0) is 18.0. The molecule has 1 fully saturated rings. The summed E-state index contributed by atoms with van der Waals surface area (Å²) in [4.78, 5) is 16.8. The number of fused-ring (bicyclic) bond motifs is 1. The standard InChI is InChI=1S/C17H25N7O/c1-17(2,23-16(18)19)11-5-3-10(4-6-11)15(25)22-13-7-8-20-14-12(13)9-21-24-14/h7-11H,3-6H2,1-2H3,(H4,18,19,23)(H2,20,21,22,24,25)/t10-,11-. The third kappa shape index (κ3) is 3.72. The second-order valence-corrected chi connectivity index (χ2v) is 7.29. The minimum absolute atomic E-state index is 0.000468. The molecule has 1 aliphatic rings. The van der Waals surface area contributed by atoms with Crippen LogP contribution in [0.25, 0.3) is 11.0 Å². The summed E-state index contributed by atoms with van der Waals surface area (Å²) in [5, 5.41) is 21.1. The van der Waals surface area contributed by atoms with Crippen LogP contribution in [0.15, 0.2) is 18.5 Å². The molecule has 6 N–H and O–H groups in total. The SMILES string of the molecule is CC(C)(NC(=N)N)[C@H]1CC[C@H](C(=O)Nc2ccnc3[nH]ncc23)CC1. The summed E-state index contributed by atoms with van der Waals surface area (Å²) in [5.74, 6) is 0.428. The zero-order valence-electron chi connectivity index (χ0n) is 14.6. The lowest BCUT2D eigenvalue weighted by atomic mass is 9.73. The molecule has 0 atom stereocenters. The second kappa shape index (κ2) is 6.70. The number of carbonyl (C=O) groups is 1. The fourth-order valence-electron chi connectivity index (χ4n) is 3.72. The molecule has 0 aromatic carbocycles. The summed E-state index contributed by atoms with van der Waals surface area (Å²) in [5.41, 5.74) is 6.65. The van der Waals surface area contributed by atoms with Crippen LogP contribution in [0.2, 0.25) is 0 Å². The Kier molecular flexibility index (Phi) is 4.61. The van der Waals surface area contributed by atoms with Crippen LogP contribution in [0.5, 0.6) is 0 Å². The molecule has 0 aliphatic heterocycles. The molecule has 0 radical (unpaired) electrons. The number of guanidine groups is 1. The molecule has 3 rings (SSSR count). The lowest BCUT2D eigenvalue weighted by Crippen LogP contribution is -2.52. The molecule has 0 saturated heterocycles. The third-order valence-corrected chi connectivity index (χ3v) is 5.19. The summed E-state index contributed by atoms with van der Waals surface area (Å²) in [6.45, 7) is 4.12. The molecule has 1 aliphatic carbocycles. The van der Waals surface area contributed by atoms with E-state index in [4.69, 9.17) is 11.1 Å². The maximum Gasteiger partial charge on any atom is 0.227 e. The Morgan fingerprint density at radius 3 is 2.76 bits per heavy atom. The van der Waals surface area contributed by atoms with Crippen LogP contribution < -0.4 is 16.4 Å². The lowest BCUT2D eigenvalue weighted by Gasteiger charge is -2.39. The quantitative estimate of drug-likeness (QED) is 0.427. The van der Waals surface area contributed by atoms with Gasteiger partial charge < -0.3 is 16.4 Å². The number of H-pyrrole nitrogens is 1. The number of hydrogen-bond acceptors (Lipinski definition) is 4. The molecule has 8 nitrogen and oxygen atoms in total. The first-order chi connectivity index (χ1) is 11.9. The molecule has 2 aromatic rings. The first kappa shape index (κ1) is 17.2. The molecular weight excluding hydrogens is 318 g/mol. The molecule has 2 heterocycles. The molecule has 8 heteroatoms. The first-order valence-corrected chi connectivity index (χ1v) is 8.58. The van der Waals surface area contributed by atoms with Gasteiger partial charge in [-0.25, -0.2) is 4.98 Å². The number of pyridine rings is 1. The molecule has 0 spiro atoms. The van der Waals surface area contributed by atoms with Gasteiger partial charge in [-0.05, 0) is 51.5 Å². The lowest BCUT2D eigenvalue weighted by molar-refractivity contribution is -0.121. The Bertz CT molecular complexity index is 774. The van der Waals surface area contributed by atoms with E-state index in [0.29, 0.717) is 11.6 Å². The van der Waals surface area contributed by atoms with Crippen molar-refractivity contribution in [2.75, 3.05) is 5.32 Å². The van der Waals surface area contributed by atoms with Crippen LogP contribution in [-0.2, 0) is 4.79 Å². The molecule has 25 heavy (non-hydrogen) atoms. The highest BCUT2D eigenvalue weighted by Crippen LogP contribution is 2.36. The van der Waals surface area contributed by atoms with E-state index in [2.05, 4.69) is 39.7 Å². The van der Waals surface area contributed by atoms with E-state index in [-0.39, 0.29) is 23.3 Å². The van der Waals surface area contributed by atoms with Gasteiger partial charge in [-0.1, -0.05) is 0 Å². The Hall–Kier alpha value is -2.64. The average Bonchev–Trinajstić information content (AvgIpc) is 3.03. The Morgan fingerprint density at radius 1 is 1.36 bits per heavy atom. The largest absolute Gasteiger partial charge is 0.370 e. The van der Waals surface area contributed by atoms with Gasteiger partial charge >= 0.3 is 0 Å². The van der Waals surface area contributed by atoms with Crippen molar-refractivity contribution in [2.24, 2.45) is 17.6 Å². The van der Waals surface area contributed by atoms with Crippen molar-refractivity contribution in [3.8, 4) is 0 Å². The maximum atomic E-state index is 12.6. The number of aromatic nitrogens is 3. The van der Waals surface area contributed by atoms with E-state index in [1.165, 1.54) is 0 Å². The van der Waals surface area contributed by atoms with E-state index >= 15 is 0 Å². The summed E-state index contributed by atoms with van der Waals surface area (Å²) < 4.78 is 0. The number of hydrogen-bond donors (Lipinski definition) is 5. The van der Waals surface area contributed by atoms with Crippen molar-refractivity contribution < 1.29 is 4.79 Å². The van der Waals surface area contributed by atoms with Crippen molar-refractivity contribution in [1.29, 1.82) is 5.41 Å². The van der Waals surface area contributed by atoms with Crippen molar-refractivity contribution in [3.63, 3.8) is 0 Å². The number of rotatable bonds is 4. The summed E-state index contributed by atoms with van der Waals surface area (Å²) in [7, 11) is 0. The Morgan fingerprint density at radius 2 is 2.08 bits per heavy atom. The van der Waals surface area contributed by atoms with Gasteiger partial charge in [0.25, 0.3) is 0 Å². The van der Waals surface area contributed by atoms with Crippen molar-refractivity contribution in [1.82, 2.24) is 20.5 Å². The Balaban J connectivity index is 1.60. The van der Waals surface area contributed by atoms with Crippen LogP contribution in [0, 0.1) is 17.2 Å². The van der Waals surface area contributed by atoms with E-state index in [1.54, 1.807) is 18.5 Å². The second-order valence-electron chi connectivity index (χ2n) is 7.29. The van der Waals surface area contributed by atoms with Crippen LogP contribution >= 0.6 is 0 Å². The molecular formula is C17H25N7O. The summed E-state index contributed by atoms with van der Waals surface area (Å²) >= 11 is 0. The highest BCUT2D eigenvalue weighted by atomic mass is 16.1. The van der Waals surface area contributed by atoms with E-state index in [9.17, 15) is 4.79 Å². The minimum atomic E-state index is -0.235. The van der Waals surface area contributed by atoms with Gasteiger partial charge in [-0.15, -0.1) is 0 Å². The number of anilines is 1. The van der Waals surface area contributed by atoms with E-state index in [1.807, 2.05) is 0 Å². The molecule has 134 valence electrons. The predicted octanol–water partition coefficient (Wildman–Crippen LogP) is 1.96. The highest BCUT2D eigenvalue weighted by molar-refractivity contribution is 6.00. The van der Waals surface area contributed by atoms with Gasteiger partial charge in [0.2, 0.25) is 5.91 Å². The number of aromatic amines is 1. The van der Waals surface area contributed by atoms with Crippen LogP contribution in [0.3, 0.4) is 0 Å². The van der Waals surface area contributed by atoms with Gasteiger partial charge in [-0.2, -0.15) is 5.10 Å². The van der Waals surface area contributed by atoms with Gasteiger partial charge in [0.1, 0.15) is 0 Å². The molecule has 1 saturated carbocycles. The molecule has 1 amide bonds. The van der Waals surface area contributed by atoms with Gasteiger partial charge in [0.05, 0.1) is 17.3 Å². The highest BCUT2D eigenvalue weighted by Gasteiger charge is 2.35. The number of nitrogens with zero attached hydrogens (tertiary/aromatic N) is 2. The topological polar surface area (TPSA) is 133 Å². The molecule has 2 aromatic heterocycles. The van der Waals surface area contributed by atoms with E-state index < -0.39 is 0 Å². The van der Waals surface area contributed by atoms with Crippen LogP contribution in [-0.4, -0.2) is 32.6 Å². The fraction of sp³-hybridized carbons (Fsp3) is 0.529. The maximum absolute atomic E-state index is 12.6. The monoisotopic (exact) mass is 343 g/mol. The van der Waals surface area contributed by atoms with Gasteiger partial charge in [0.15, 0.2) is 11.6 Å². The van der Waals surface area contributed by atoms with Gasteiger partial charge in [0, 0.05) is 17.7 Å². The number of carbonyl (C=O) groups excluding carboxylic acids is 1.